The second-order valence-corrected chi connectivity index (χ2v) is 5.59. The zero-order chi connectivity index (χ0) is 13.1. The van der Waals surface area contributed by atoms with Gasteiger partial charge in [-0.15, -0.1) is 0 Å². The van der Waals surface area contributed by atoms with Crippen LogP contribution in [0.4, 0.5) is 0 Å². The molecule has 1 aromatic rings. The smallest absolute Gasteiger partial charge is 0.310 e. The summed E-state index contributed by atoms with van der Waals surface area (Å²) in [4.78, 5) is 10.9. The first-order valence-corrected chi connectivity index (χ1v) is 6.92. The number of carboxylic acid groups (broad SMARTS) is 1. The molecule has 1 unspecified atom stereocenters. The summed E-state index contributed by atoms with van der Waals surface area (Å²) in [6, 6.07) is 8.22. The monoisotopic (exact) mass is 246 g/mol. The third kappa shape index (κ3) is 2.74. The van der Waals surface area contributed by atoms with E-state index in [4.69, 9.17) is 5.11 Å². The molecule has 0 bridgehead atoms. The van der Waals surface area contributed by atoms with Gasteiger partial charge < -0.3 is 5.11 Å². The highest BCUT2D eigenvalue weighted by atomic mass is 16.4. The molecule has 0 aromatic heterocycles. The second kappa shape index (κ2) is 5.55. The number of rotatable bonds is 3. The summed E-state index contributed by atoms with van der Waals surface area (Å²) in [6.45, 7) is 4.07. The number of carboxylic acids is 1. The largest absolute Gasteiger partial charge is 0.481 e. The van der Waals surface area contributed by atoms with Crippen molar-refractivity contribution >= 4 is 5.97 Å². The number of carbonyl (C=O) groups is 1. The number of benzene rings is 1. The van der Waals surface area contributed by atoms with E-state index in [1.54, 1.807) is 6.92 Å². The van der Waals surface area contributed by atoms with Gasteiger partial charge in [-0.05, 0) is 36.3 Å². The summed E-state index contributed by atoms with van der Waals surface area (Å²) >= 11 is 0. The van der Waals surface area contributed by atoms with Gasteiger partial charge in [-0.2, -0.15) is 0 Å². The molecule has 1 aliphatic carbocycles. The Bertz CT molecular complexity index is 408. The molecule has 1 N–H and O–H groups in total. The highest BCUT2D eigenvalue weighted by Crippen LogP contribution is 2.37. The molecule has 1 saturated carbocycles. The van der Waals surface area contributed by atoms with Gasteiger partial charge in [-0.3, -0.25) is 4.79 Å². The van der Waals surface area contributed by atoms with E-state index < -0.39 is 11.9 Å². The predicted octanol–water partition coefficient (Wildman–Crippen LogP) is 4.17. The van der Waals surface area contributed by atoms with Crippen LogP contribution in [-0.4, -0.2) is 11.1 Å². The van der Waals surface area contributed by atoms with Gasteiger partial charge in [0.1, 0.15) is 0 Å². The topological polar surface area (TPSA) is 37.3 Å². The maximum absolute atomic E-state index is 10.9. The van der Waals surface area contributed by atoms with E-state index in [0.717, 1.165) is 11.5 Å². The van der Waals surface area contributed by atoms with Gasteiger partial charge in [-0.1, -0.05) is 50.5 Å². The fraction of sp³-hybridized carbons (Fsp3) is 0.562. The van der Waals surface area contributed by atoms with E-state index in [1.165, 1.54) is 31.2 Å². The van der Waals surface area contributed by atoms with Gasteiger partial charge >= 0.3 is 5.97 Å². The summed E-state index contributed by atoms with van der Waals surface area (Å²) in [5.74, 6) is 0.242. The molecule has 0 saturated heterocycles. The van der Waals surface area contributed by atoms with E-state index in [0.29, 0.717) is 5.92 Å². The van der Waals surface area contributed by atoms with E-state index >= 15 is 0 Å². The van der Waals surface area contributed by atoms with E-state index in [1.807, 2.05) is 12.1 Å². The highest BCUT2D eigenvalue weighted by Gasteiger charge is 2.23. The van der Waals surface area contributed by atoms with E-state index in [2.05, 4.69) is 19.1 Å². The van der Waals surface area contributed by atoms with Gasteiger partial charge in [0.15, 0.2) is 0 Å². The Balaban J connectivity index is 2.14. The molecule has 1 fully saturated rings. The van der Waals surface area contributed by atoms with Gasteiger partial charge in [-0.25, -0.2) is 0 Å². The molecule has 0 radical (unpaired) electrons. The Morgan fingerprint density at radius 3 is 2.39 bits per heavy atom. The standard InChI is InChI=1S/C16H22O2/c1-11-5-3-4-6-15(11)14-9-7-13(8-10-14)12(2)16(17)18/h7-12,15H,3-6H2,1-2H3,(H,17,18)/t11-,12?,15-/m1/s1. The fourth-order valence-electron chi connectivity index (χ4n) is 2.99. The van der Waals surface area contributed by atoms with Crippen LogP contribution in [0.2, 0.25) is 0 Å². The number of aliphatic carboxylic acids is 1. The summed E-state index contributed by atoms with van der Waals surface area (Å²) < 4.78 is 0. The first kappa shape index (κ1) is 13.1. The van der Waals surface area contributed by atoms with Crippen molar-refractivity contribution in [2.24, 2.45) is 5.92 Å². The molecule has 0 aliphatic heterocycles. The summed E-state index contributed by atoms with van der Waals surface area (Å²) in [5, 5.41) is 9.00. The number of hydrogen-bond acceptors (Lipinski definition) is 1. The lowest BCUT2D eigenvalue weighted by molar-refractivity contribution is -0.138. The lowest BCUT2D eigenvalue weighted by atomic mass is 9.76. The fourth-order valence-corrected chi connectivity index (χ4v) is 2.99. The summed E-state index contributed by atoms with van der Waals surface area (Å²) in [6.07, 6.45) is 5.26. The van der Waals surface area contributed by atoms with E-state index in [-0.39, 0.29) is 0 Å². The van der Waals surface area contributed by atoms with Gasteiger partial charge in [0.2, 0.25) is 0 Å². The van der Waals surface area contributed by atoms with Crippen LogP contribution in [-0.2, 0) is 4.79 Å². The van der Waals surface area contributed by atoms with Crippen molar-refractivity contribution in [3.63, 3.8) is 0 Å². The third-order valence-electron chi connectivity index (χ3n) is 4.35. The van der Waals surface area contributed by atoms with Crippen LogP contribution < -0.4 is 0 Å². The van der Waals surface area contributed by atoms with Crippen molar-refractivity contribution in [1.29, 1.82) is 0 Å². The van der Waals surface area contributed by atoms with Crippen molar-refractivity contribution < 1.29 is 9.90 Å². The maximum atomic E-state index is 10.9. The quantitative estimate of drug-likeness (QED) is 0.869. The molecule has 0 amide bonds. The van der Waals surface area contributed by atoms with Crippen LogP contribution in [0.3, 0.4) is 0 Å². The molecule has 0 spiro atoms. The molecule has 2 nitrogen and oxygen atoms in total. The van der Waals surface area contributed by atoms with Crippen LogP contribution in [0.1, 0.15) is 62.5 Å². The molecule has 98 valence electrons. The molecular formula is C16H22O2. The van der Waals surface area contributed by atoms with Crippen LogP contribution in [0, 0.1) is 5.92 Å². The molecule has 2 heteroatoms. The molecule has 0 heterocycles. The first-order valence-electron chi connectivity index (χ1n) is 6.92. The minimum Gasteiger partial charge on any atom is -0.481 e. The second-order valence-electron chi connectivity index (χ2n) is 5.59. The highest BCUT2D eigenvalue weighted by molar-refractivity contribution is 5.75. The number of hydrogen-bond donors (Lipinski definition) is 1. The van der Waals surface area contributed by atoms with E-state index in [9.17, 15) is 4.79 Å². The SMILES string of the molecule is CC(C(=O)O)c1ccc([C@@H]2CCCC[C@H]2C)cc1. The molecule has 1 aliphatic rings. The summed E-state index contributed by atoms with van der Waals surface area (Å²) in [7, 11) is 0. The lowest BCUT2D eigenvalue weighted by Gasteiger charge is -2.29. The summed E-state index contributed by atoms with van der Waals surface area (Å²) in [5.41, 5.74) is 2.28. The Kier molecular flexibility index (Phi) is 4.05. The minimum atomic E-state index is -0.756. The predicted molar refractivity (Wildman–Crippen MR) is 72.9 cm³/mol. The Labute approximate surface area is 109 Å². The minimum absolute atomic E-state index is 0.414. The maximum Gasteiger partial charge on any atom is 0.310 e. The Morgan fingerprint density at radius 2 is 1.83 bits per heavy atom. The average Bonchev–Trinajstić information content (AvgIpc) is 2.38. The Hall–Kier alpha value is -1.31. The molecule has 1 aromatic carbocycles. The molecule has 18 heavy (non-hydrogen) atoms. The zero-order valence-electron chi connectivity index (χ0n) is 11.2. The Morgan fingerprint density at radius 1 is 1.22 bits per heavy atom. The normalized spacial score (nSPS) is 25.7. The molecule has 2 rings (SSSR count). The van der Waals surface area contributed by atoms with Gasteiger partial charge in [0.25, 0.3) is 0 Å². The first-order chi connectivity index (χ1) is 8.59. The van der Waals surface area contributed by atoms with Gasteiger partial charge in [0, 0.05) is 0 Å². The molecule has 3 atom stereocenters. The zero-order valence-corrected chi connectivity index (χ0v) is 11.2. The van der Waals surface area contributed by atoms with Crippen molar-refractivity contribution in [3.05, 3.63) is 35.4 Å². The third-order valence-corrected chi connectivity index (χ3v) is 4.35. The molecular weight excluding hydrogens is 224 g/mol. The van der Waals surface area contributed by atoms with Crippen molar-refractivity contribution in [2.75, 3.05) is 0 Å². The van der Waals surface area contributed by atoms with Crippen LogP contribution in [0.25, 0.3) is 0 Å². The average molecular weight is 246 g/mol. The van der Waals surface area contributed by atoms with Crippen molar-refractivity contribution in [1.82, 2.24) is 0 Å². The van der Waals surface area contributed by atoms with Crippen molar-refractivity contribution in [3.8, 4) is 0 Å². The van der Waals surface area contributed by atoms with Crippen LogP contribution in [0.5, 0.6) is 0 Å². The van der Waals surface area contributed by atoms with Crippen LogP contribution >= 0.6 is 0 Å². The van der Waals surface area contributed by atoms with Gasteiger partial charge in [0.05, 0.1) is 5.92 Å². The van der Waals surface area contributed by atoms with Crippen molar-refractivity contribution in [2.45, 2.75) is 51.4 Å². The van der Waals surface area contributed by atoms with Crippen LogP contribution in [0.15, 0.2) is 24.3 Å². The lowest BCUT2D eigenvalue weighted by Crippen LogP contribution is -2.15.